The highest BCUT2D eigenvalue weighted by Gasteiger charge is 2.33. The third-order valence-corrected chi connectivity index (χ3v) is 5.07. The van der Waals surface area contributed by atoms with Crippen molar-refractivity contribution in [2.75, 3.05) is 24.5 Å². The lowest BCUT2D eigenvalue weighted by molar-refractivity contribution is -0.119. The molecule has 0 bridgehead atoms. The lowest BCUT2D eigenvalue weighted by atomic mass is 10.0. The zero-order valence-electron chi connectivity index (χ0n) is 18.0. The molecule has 1 fully saturated rings. The van der Waals surface area contributed by atoms with Gasteiger partial charge >= 0.3 is 6.09 Å². The van der Waals surface area contributed by atoms with Gasteiger partial charge in [0.05, 0.1) is 30.0 Å². The standard InChI is InChI=1S/C22H26F2N6O3/c1-13(31)28-11-18-12-30(22(32)33-18)17-6-19(23)21(20(24)7-17)15-4-2-14(3-5-15)9-27-10-16(8-25)29-26/h2-8,18,27,29H,9-12,25-26H2,1H3,(H,28,31)/b16-8-. The fraction of sp³-hybridized carbons (Fsp3) is 0.273. The van der Waals surface area contributed by atoms with Gasteiger partial charge in [-0.2, -0.15) is 0 Å². The predicted octanol–water partition coefficient (Wildman–Crippen LogP) is 1.45. The van der Waals surface area contributed by atoms with Crippen LogP contribution in [0, 0.1) is 11.6 Å². The lowest BCUT2D eigenvalue weighted by Crippen LogP contribution is -2.33. The van der Waals surface area contributed by atoms with E-state index in [-0.39, 0.29) is 30.2 Å². The van der Waals surface area contributed by atoms with Crippen molar-refractivity contribution in [3.63, 3.8) is 0 Å². The first-order valence-electron chi connectivity index (χ1n) is 10.2. The Morgan fingerprint density at radius 3 is 2.48 bits per heavy atom. The highest BCUT2D eigenvalue weighted by Crippen LogP contribution is 2.32. The molecule has 0 saturated carbocycles. The molecule has 1 aliphatic rings. The van der Waals surface area contributed by atoms with Gasteiger partial charge in [0, 0.05) is 26.2 Å². The van der Waals surface area contributed by atoms with Crippen LogP contribution in [0.4, 0.5) is 19.3 Å². The van der Waals surface area contributed by atoms with Crippen LogP contribution >= 0.6 is 0 Å². The van der Waals surface area contributed by atoms with Crippen molar-refractivity contribution in [2.24, 2.45) is 11.6 Å². The predicted molar refractivity (Wildman–Crippen MR) is 119 cm³/mol. The number of hydrogen-bond donors (Lipinski definition) is 5. The number of nitrogens with one attached hydrogen (secondary N) is 3. The number of halogens is 2. The number of benzene rings is 2. The molecular weight excluding hydrogens is 434 g/mol. The van der Waals surface area contributed by atoms with E-state index in [9.17, 15) is 18.4 Å². The average molecular weight is 460 g/mol. The quantitative estimate of drug-likeness (QED) is 0.282. The van der Waals surface area contributed by atoms with Crippen LogP contribution in [0.5, 0.6) is 0 Å². The van der Waals surface area contributed by atoms with Crippen molar-refractivity contribution in [3.05, 3.63) is 65.5 Å². The van der Waals surface area contributed by atoms with Crippen molar-refractivity contribution >= 4 is 17.7 Å². The van der Waals surface area contributed by atoms with Gasteiger partial charge in [-0.1, -0.05) is 24.3 Å². The molecule has 3 rings (SSSR count). The van der Waals surface area contributed by atoms with E-state index in [4.69, 9.17) is 16.3 Å². The first-order valence-corrected chi connectivity index (χ1v) is 10.2. The summed E-state index contributed by atoms with van der Waals surface area (Å²) < 4.78 is 34.9. The topological polar surface area (TPSA) is 135 Å². The SMILES string of the molecule is CC(=O)NCC1CN(c2cc(F)c(-c3ccc(CNC/C(=C/N)NN)cc3)c(F)c2)C(=O)O1. The molecule has 0 aliphatic carbocycles. The number of cyclic esters (lactones) is 1. The van der Waals surface area contributed by atoms with E-state index in [1.807, 2.05) is 0 Å². The largest absolute Gasteiger partial charge is 0.442 e. The summed E-state index contributed by atoms with van der Waals surface area (Å²) in [4.78, 5) is 24.3. The second-order valence-electron chi connectivity index (χ2n) is 7.47. The minimum Gasteiger partial charge on any atom is -0.442 e. The summed E-state index contributed by atoms with van der Waals surface area (Å²) in [7, 11) is 0. The molecule has 33 heavy (non-hydrogen) atoms. The van der Waals surface area contributed by atoms with E-state index in [2.05, 4.69) is 16.1 Å². The first-order chi connectivity index (χ1) is 15.8. The molecule has 0 radical (unpaired) electrons. The average Bonchev–Trinajstić information content (AvgIpc) is 3.16. The summed E-state index contributed by atoms with van der Waals surface area (Å²) in [6.45, 7) is 2.47. The Morgan fingerprint density at radius 2 is 1.91 bits per heavy atom. The maximum atomic E-state index is 14.9. The fourth-order valence-electron chi connectivity index (χ4n) is 3.38. The monoisotopic (exact) mass is 460 g/mol. The second kappa shape index (κ2) is 10.7. The summed E-state index contributed by atoms with van der Waals surface area (Å²) in [5.74, 6) is 3.44. The summed E-state index contributed by atoms with van der Waals surface area (Å²) >= 11 is 0. The molecule has 11 heteroatoms. The Morgan fingerprint density at radius 1 is 1.24 bits per heavy atom. The van der Waals surface area contributed by atoms with Gasteiger partial charge in [0.15, 0.2) is 0 Å². The number of hydrazine groups is 1. The Bertz CT molecular complexity index is 1020. The molecule has 2 amide bonds. The normalized spacial score (nSPS) is 16.0. The molecule has 0 aromatic heterocycles. The van der Waals surface area contributed by atoms with E-state index in [0.717, 1.165) is 22.6 Å². The molecule has 2 aromatic carbocycles. The number of anilines is 1. The Hall–Kier alpha value is -3.70. The highest BCUT2D eigenvalue weighted by molar-refractivity contribution is 5.90. The zero-order chi connectivity index (χ0) is 24.0. The third kappa shape index (κ3) is 5.96. The van der Waals surface area contributed by atoms with Gasteiger partial charge in [0.1, 0.15) is 17.7 Å². The first kappa shape index (κ1) is 24.0. The molecule has 1 atom stereocenters. The maximum absolute atomic E-state index is 14.9. The number of carbonyl (C=O) groups excluding carboxylic acids is 2. The Labute approximate surface area is 189 Å². The molecule has 1 aliphatic heterocycles. The zero-order valence-corrected chi connectivity index (χ0v) is 18.0. The molecule has 9 nitrogen and oxygen atoms in total. The summed E-state index contributed by atoms with van der Waals surface area (Å²) in [5.41, 5.74) is 9.60. The highest BCUT2D eigenvalue weighted by atomic mass is 19.1. The van der Waals surface area contributed by atoms with Crippen molar-refractivity contribution in [1.29, 1.82) is 0 Å². The maximum Gasteiger partial charge on any atom is 0.414 e. The van der Waals surface area contributed by atoms with E-state index >= 15 is 0 Å². The van der Waals surface area contributed by atoms with Crippen LogP contribution in [-0.4, -0.2) is 37.7 Å². The van der Waals surface area contributed by atoms with Crippen LogP contribution in [-0.2, 0) is 16.1 Å². The van der Waals surface area contributed by atoms with Gasteiger partial charge in [0.25, 0.3) is 0 Å². The van der Waals surface area contributed by atoms with E-state index in [1.54, 1.807) is 24.3 Å². The van der Waals surface area contributed by atoms with Crippen LogP contribution in [0.3, 0.4) is 0 Å². The minimum atomic E-state index is -0.805. The van der Waals surface area contributed by atoms with Gasteiger partial charge in [-0.05, 0) is 23.3 Å². The summed E-state index contributed by atoms with van der Waals surface area (Å²) in [6, 6.07) is 8.93. The van der Waals surface area contributed by atoms with Crippen LogP contribution in [0.1, 0.15) is 12.5 Å². The van der Waals surface area contributed by atoms with Crippen molar-refractivity contribution in [2.45, 2.75) is 19.6 Å². The van der Waals surface area contributed by atoms with Gasteiger partial charge in [0.2, 0.25) is 5.91 Å². The van der Waals surface area contributed by atoms with E-state index < -0.39 is 23.8 Å². The number of amides is 2. The van der Waals surface area contributed by atoms with Crippen LogP contribution < -0.4 is 32.5 Å². The number of rotatable bonds is 9. The van der Waals surface area contributed by atoms with Crippen LogP contribution in [0.25, 0.3) is 11.1 Å². The summed E-state index contributed by atoms with van der Waals surface area (Å²) in [5, 5.41) is 5.69. The molecule has 0 spiro atoms. The van der Waals surface area contributed by atoms with E-state index in [0.29, 0.717) is 24.4 Å². The Balaban J connectivity index is 1.70. The molecular formula is C22H26F2N6O3. The minimum absolute atomic E-state index is 0.0437. The van der Waals surface area contributed by atoms with Crippen LogP contribution in [0.15, 0.2) is 48.3 Å². The van der Waals surface area contributed by atoms with E-state index in [1.165, 1.54) is 13.1 Å². The molecule has 1 heterocycles. The Kier molecular flexibility index (Phi) is 7.80. The third-order valence-electron chi connectivity index (χ3n) is 5.07. The summed E-state index contributed by atoms with van der Waals surface area (Å²) in [6.07, 6.45) is 0.0210. The number of ether oxygens (including phenoxy) is 1. The molecule has 176 valence electrons. The molecule has 2 aromatic rings. The molecule has 1 unspecified atom stereocenters. The number of nitrogens with zero attached hydrogens (tertiary/aromatic N) is 1. The second-order valence-corrected chi connectivity index (χ2v) is 7.47. The number of hydrogen-bond acceptors (Lipinski definition) is 7. The van der Waals surface area contributed by atoms with Gasteiger partial charge in [-0.3, -0.25) is 15.5 Å². The van der Waals surface area contributed by atoms with Gasteiger partial charge < -0.3 is 26.5 Å². The smallest absolute Gasteiger partial charge is 0.414 e. The fourth-order valence-corrected chi connectivity index (χ4v) is 3.38. The molecule has 7 N–H and O–H groups in total. The van der Waals surface area contributed by atoms with Gasteiger partial charge in [-0.15, -0.1) is 0 Å². The number of nitrogens with two attached hydrogens (primary N) is 2. The van der Waals surface area contributed by atoms with Gasteiger partial charge in [-0.25, -0.2) is 13.6 Å². The van der Waals surface area contributed by atoms with Crippen molar-refractivity contribution in [3.8, 4) is 11.1 Å². The molecule has 1 saturated heterocycles. The van der Waals surface area contributed by atoms with Crippen LogP contribution in [0.2, 0.25) is 0 Å². The number of carbonyl (C=O) groups is 2. The van der Waals surface area contributed by atoms with Crippen molar-refractivity contribution < 1.29 is 23.1 Å². The van der Waals surface area contributed by atoms with Crippen molar-refractivity contribution in [1.82, 2.24) is 16.1 Å². The lowest BCUT2D eigenvalue weighted by Gasteiger charge is -2.15.